The van der Waals surface area contributed by atoms with Crippen LogP contribution < -0.4 is 0 Å². The van der Waals surface area contributed by atoms with E-state index < -0.39 is 22.9 Å². The minimum absolute atomic E-state index is 0.0580. The molecule has 1 saturated heterocycles. The van der Waals surface area contributed by atoms with Gasteiger partial charge in [0.1, 0.15) is 0 Å². The van der Waals surface area contributed by atoms with Crippen molar-refractivity contribution in [3.63, 3.8) is 0 Å². The van der Waals surface area contributed by atoms with Crippen molar-refractivity contribution in [3.8, 4) is 0 Å². The van der Waals surface area contributed by atoms with E-state index in [1.165, 1.54) is 6.92 Å². The van der Waals surface area contributed by atoms with Crippen LogP contribution >= 0.6 is 11.6 Å². The average Bonchev–Trinajstić information content (AvgIpc) is 2.09. The SMILES string of the molecule is CC1(CCl)OS(=O)OC1=O. The van der Waals surface area contributed by atoms with Crippen LogP contribution in [0.1, 0.15) is 6.92 Å². The molecule has 6 heteroatoms. The number of carbonyl (C=O) groups excluding carboxylic acids is 1. The first kappa shape index (κ1) is 7.97. The Bertz CT molecular complexity index is 194. The molecule has 1 fully saturated rings. The van der Waals surface area contributed by atoms with Gasteiger partial charge in [-0.1, -0.05) is 0 Å². The van der Waals surface area contributed by atoms with Gasteiger partial charge >= 0.3 is 17.3 Å². The summed E-state index contributed by atoms with van der Waals surface area (Å²) in [4.78, 5) is 10.7. The van der Waals surface area contributed by atoms with Crippen molar-refractivity contribution >= 4 is 28.9 Å². The molecule has 0 bridgehead atoms. The van der Waals surface area contributed by atoms with Crippen molar-refractivity contribution in [2.75, 3.05) is 5.88 Å². The van der Waals surface area contributed by atoms with E-state index in [4.69, 9.17) is 11.6 Å². The van der Waals surface area contributed by atoms with Crippen LogP contribution in [0.5, 0.6) is 0 Å². The van der Waals surface area contributed by atoms with Crippen molar-refractivity contribution in [2.24, 2.45) is 0 Å². The van der Waals surface area contributed by atoms with Gasteiger partial charge in [-0.2, -0.15) is 4.21 Å². The quantitative estimate of drug-likeness (QED) is 0.544. The second kappa shape index (κ2) is 2.48. The van der Waals surface area contributed by atoms with E-state index in [2.05, 4.69) is 8.37 Å². The van der Waals surface area contributed by atoms with Crippen LogP contribution in [-0.2, 0) is 24.5 Å². The Hall–Kier alpha value is -0.130. The molecule has 0 spiro atoms. The highest BCUT2D eigenvalue weighted by Gasteiger charge is 2.46. The van der Waals surface area contributed by atoms with E-state index >= 15 is 0 Å². The van der Waals surface area contributed by atoms with Crippen LogP contribution in [0.2, 0.25) is 0 Å². The van der Waals surface area contributed by atoms with E-state index in [1.807, 2.05) is 0 Å². The normalized spacial score (nSPS) is 39.8. The van der Waals surface area contributed by atoms with E-state index in [0.29, 0.717) is 0 Å². The maximum Gasteiger partial charge on any atom is 0.364 e. The minimum Gasteiger partial charge on any atom is -0.340 e. The lowest BCUT2D eigenvalue weighted by Gasteiger charge is -2.09. The predicted molar refractivity (Wildman–Crippen MR) is 34.4 cm³/mol. The molecule has 0 aliphatic carbocycles. The third kappa shape index (κ3) is 1.16. The van der Waals surface area contributed by atoms with Crippen LogP contribution in [0, 0.1) is 0 Å². The summed E-state index contributed by atoms with van der Waals surface area (Å²) in [5.41, 5.74) is -1.23. The maximum atomic E-state index is 10.7. The molecule has 1 aliphatic rings. The molecule has 1 heterocycles. The number of hydrogen-bond acceptors (Lipinski definition) is 4. The topological polar surface area (TPSA) is 52.6 Å². The summed E-state index contributed by atoms with van der Waals surface area (Å²) >= 11 is 3.39. The monoisotopic (exact) mass is 184 g/mol. The average molecular weight is 185 g/mol. The summed E-state index contributed by atoms with van der Waals surface area (Å²) in [5, 5.41) is 0. The Morgan fingerprint density at radius 1 is 1.80 bits per heavy atom. The number of carbonyl (C=O) groups is 1. The van der Waals surface area contributed by atoms with E-state index in [9.17, 15) is 9.00 Å². The van der Waals surface area contributed by atoms with Gasteiger partial charge in [-0.05, 0) is 6.92 Å². The highest BCUT2D eigenvalue weighted by molar-refractivity contribution is 7.76. The van der Waals surface area contributed by atoms with Gasteiger partial charge in [0.05, 0.1) is 5.88 Å². The molecule has 0 radical (unpaired) electrons. The Balaban J connectivity index is 2.80. The second-order valence-corrected chi connectivity index (χ2v) is 3.03. The molecule has 2 atom stereocenters. The third-order valence-electron chi connectivity index (χ3n) is 1.08. The standard InChI is InChI=1S/C4H5ClO4S/c1-4(2-5)3(6)8-10(7)9-4/h2H2,1H3. The van der Waals surface area contributed by atoms with E-state index in [-0.39, 0.29) is 5.88 Å². The molecule has 0 amide bonds. The number of halogens is 1. The molecular weight excluding hydrogens is 180 g/mol. The summed E-state index contributed by atoms with van der Waals surface area (Å²) in [7, 11) is 0. The van der Waals surface area contributed by atoms with Gasteiger partial charge in [-0.3, -0.25) is 0 Å². The highest BCUT2D eigenvalue weighted by atomic mass is 35.5. The van der Waals surface area contributed by atoms with Crippen LogP contribution in [0.3, 0.4) is 0 Å². The predicted octanol–water partition coefficient (Wildman–Crippen LogP) is 0.136. The van der Waals surface area contributed by atoms with Crippen LogP contribution in [0.4, 0.5) is 0 Å². The van der Waals surface area contributed by atoms with Gasteiger partial charge in [0.15, 0.2) is 5.60 Å². The van der Waals surface area contributed by atoms with E-state index in [1.54, 1.807) is 0 Å². The maximum absolute atomic E-state index is 10.7. The molecule has 0 N–H and O–H groups in total. The first-order valence-corrected chi connectivity index (χ1v) is 4.02. The summed E-state index contributed by atoms with van der Waals surface area (Å²) in [6.07, 6.45) is 0. The molecule has 0 aromatic heterocycles. The Labute approximate surface area is 65.3 Å². The van der Waals surface area contributed by atoms with Crippen molar-refractivity contribution < 1.29 is 17.4 Å². The molecular formula is C4H5ClO4S. The summed E-state index contributed by atoms with van der Waals surface area (Å²) < 4.78 is 19.2. The molecule has 0 saturated carbocycles. The van der Waals surface area contributed by atoms with Crippen LogP contribution in [0.25, 0.3) is 0 Å². The van der Waals surface area contributed by atoms with E-state index in [0.717, 1.165) is 0 Å². The van der Waals surface area contributed by atoms with Gasteiger partial charge in [-0.15, -0.1) is 11.6 Å². The molecule has 10 heavy (non-hydrogen) atoms. The van der Waals surface area contributed by atoms with Crippen molar-refractivity contribution in [2.45, 2.75) is 12.5 Å². The Morgan fingerprint density at radius 2 is 2.40 bits per heavy atom. The summed E-state index contributed by atoms with van der Waals surface area (Å²) in [6, 6.07) is 0. The van der Waals surface area contributed by atoms with Crippen LogP contribution in [-0.4, -0.2) is 21.7 Å². The Kier molecular flexibility index (Phi) is 1.98. The number of hydrogen-bond donors (Lipinski definition) is 0. The zero-order valence-electron chi connectivity index (χ0n) is 5.13. The van der Waals surface area contributed by atoms with Crippen molar-refractivity contribution in [1.82, 2.24) is 0 Å². The zero-order valence-corrected chi connectivity index (χ0v) is 6.70. The lowest BCUT2D eigenvalue weighted by molar-refractivity contribution is -0.140. The molecule has 0 aromatic rings. The lowest BCUT2D eigenvalue weighted by atomic mass is 10.1. The third-order valence-corrected chi connectivity index (χ3v) is 2.38. The first-order chi connectivity index (χ1) is 4.58. The molecule has 0 aromatic carbocycles. The van der Waals surface area contributed by atoms with Crippen LogP contribution in [0.15, 0.2) is 0 Å². The smallest absolute Gasteiger partial charge is 0.340 e. The molecule has 58 valence electrons. The molecule has 2 unspecified atom stereocenters. The fourth-order valence-electron chi connectivity index (χ4n) is 0.428. The first-order valence-electron chi connectivity index (χ1n) is 2.48. The largest absolute Gasteiger partial charge is 0.364 e. The van der Waals surface area contributed by atoms with Crippen molar-refractivity contribution in [3.05, 3.63) is 0 Å². The second-order valence-electron chi connectivity index (χ2n) is 2.02. The number of alkyl halides is 1. The minimum atomic E-state index is -1.96. The lowest BCUT2D eigenvalue weighted by Crippen LogP contribution is -2.34. The summed E-state index contributed by atoms with van der Waals surface area (Å²) in [5.74, 6) is -0.738. The fourth-order valence-corrected chi connectivity index (χ4v) is 1.42. The van der Waals surface area contributed by atoms with Gasteiger partial charge in [0.25, 0.3) is 0 Å². The van der Waals surface area contributed by atoms with Gasteiger partial charge in [-0.25, -0.2) is 8.98 Å². The van der Waals surface area contributed by atoms with Gasteiger partial charge < -0.3 is 4.18 Å². The zero-order chi connectivity index (χ0) is 7.78. The summed E-state index contributed by atoms with van der Waals surface area (Å²) in [6.45, 7) is 1.42. The molecule has 1 rings (SSSR count). The highest BCUT2D eigenvalue weighted by Crippen LogP contribution is 2.23. The Morgan fingerprint density at radius 3 is 2.60 bits per heavy atom. The van der Waals surface area contributed by atoms with Crippen molar-refractivity contribution in [1.29, 1.82) is 0 Å². The molecule has 1 aliphatic heterocycles. The van der Waals surface area contributed by atoms with Gasteiger partial charge in [0, 0.05) is 0 Å². The fraction of sp³-hybridized carbons (Fsp3) is 0.750. The van der Waals surface area contributed by atoms with Gasteiger partial charge in [0.2, 0.25) is 0 Å². The number of rotatable bonds is 1. The molecule has 4 nitrogen and oxygen atoms in total.